The van der Waals surface area contributed by atoms with E-state index in [1.165, 1.54) is 6.07 Å². The molecule has 0 unspecified atom stereocenters. The molecule has 1 fully saturated rings. The van der Waals surface area contributed by atoms with Crippen molar-refractivity contribution in [3.63, 3.8) is 0 Å². The summed E-state index contributed by atoms with van der Waals surface area (Å²) in [6.07, 6.45) is 8.57. The van der Waals surface area contributed by atoms with Crippen LogP contribution >= 0.6 is 11.8 Å². The Kier molecular flexibility index (Phi) is 14.8. The van der Waals surface area contributed by atoms with Crippen LogP contribution in [-0.2, 0) is 9.59 Å². The van der Waals surface area contributed by atoms with Gasteiger partial charge in [0.25, 0.3) is 0 Å². The van der Waals surface area contributed by atoms with Crippen molar-refractivity contribution in [2.75, 3.05) is 39.5 Å². The smallest absolute Gasteiger partial charge is 0.328 e. The van der Waals surface area contributed by atoms with Crippen LogP contribution in [0, 0.1) is 11.6 Å². The fourth-order valence-corrected chi connectivity index (χ4v) is 4.72. The van der Waals surface area contributed by atoms with Gasteiger partial charge in [-0.05, 0) is 69.2 Å². The molecule has 0 atom stereocenters. The molecule has 0 radical (unpaired) electrons. The van der Waals surface area contributed by atoms with E-state index in [-0.39, 0.29) is 0 Å². The van der Waals surface area contributed by atoms with Crippen LogP contribution in [0.2, 0.25) is 0 Å². The lowest BCUT2D eigenvalue weighted by Crippen LogP contribution is -2.45. The van der Waals surface area contributed by atoms with Crippen LogP contribution in [0.25, 0.3) is 0 Å². The van der Waals surface area contributed by atoms with Crippen LogP contribution < -0.4 is 4.74 Å². The second-order valence-electron chi connectivity index (χ2n) is 9.11. The number of carboxylic acids is 2. The minimum atomic E-state index is -1.26. The Morgan fingerprint density at radius 2 is 1.68 bits per heavy atom. The first kappa shape index (κ1) is 32.8. The first-order valence-corrected chi connectivity index (χ1v) is 14.3. The number of likely N-dealkylation sites (tertiary alicyclic amines) is 1. The van der Waals surface area contributed by atoms with Crippen LogP contribution in [0.3, 0.4) is 0 Å². The van der Waals surface area contributed by atoms with E-state index in [9.17, 15) is 18.4 Å². The Bertz CT molecular complexity index is 1110. The predicted octanol–water partition coefficient (Wildman–Crippen LogP) is 5.67. The van der Waals surface area contributed by atoms with E-state index in [1.54, 1.807) is 11.8 Å². The zero-order valence-electron chi connectivity index (χ0n) is 22.8. The maximum absolute atomic E-state index is 13.2. The number of unbranched alkanes of at least 4 members (excludes halogenated alkanes) is 2. The molecule has 1 saturated heterocycles. The summed E-state index contributed by atoms with van der Waals surface area (Å²) in [6.45, 7) is 3.83. The minimum Gasteiger partial charge on any atom is -0.493 e. The number of thioether (sulfide) groups is 1. The second-order valence-corrected chi connectivity index (χ2v) is 9.89. The number of aliphatic imine (C=N–C) groups is 1. The van der Waals surface area contributed by atoms with Gasteiger partial charge in [0, 0.05) is 44.4 Å². The van der Waals surface area contributed by atoms with Crippen LogP contribution in [0.4, 0.5) is 14.5 Å². The van der Waals surface area contributed by atoms with Crippen LogP contribution in [0.1, 0.15) is 32.1 Å². The number of ether oxygens (including phenoxy) is 1. The molecule has 218 valence electrons. The van der Waals surface area contributed by atoms with E-state index < -0.39 is 23.6 Å². The molecule has 8 nitrogen and oxygen atoms in total. The van der Waals surface area contributed by atoms with Gasteiger partial charge in [-0.3, -0.25) is 0 Å². The van der Waals surface area contributed by atoms with Crippen LogP contribution in [0.15, 0.2) is 65.7 Å². The van der Waals surface area contributed by atoms with E-state index in [4.69, 9.17) is 19.9 Å². The van der Waals surface area contributed by atoms with Crippen LogP contribution in [0.5, 0.6) is 5.75 Å². The maximum atomic E-state index is 13.2. The van der Waals surface area contributed by atoms with Crippen molar-refractivity contribution < 1.29 is 33.3 Å². The molecule has 1 aliphatic rings. The number of hydrogen-bond donors (Lipinski definition) is 2. The molecule has 2 N–H and O–H groups in total. The highest BCUT2D eigenvalue weighted by molar-refractivity contribution is 8.13. The van der Waals surface area contributed by atoms with Crippen molar-refractivity contribution in [1.82, 2.24) is 9.80 Å². The number of piperidine rings is 1. The van der Waals surface area contributed by atoms with E-state index in [0.29, 0.717) is 30.6 Å². The summed E-state index contributed by atoms with van der Waals surface area (Å²) in [4.78, 5) is 28.8. The molecule has 0 aromatic heterocycles. The van der Waals surface area contributed by atoms with Crippen LogP contribution in [-0.4, -0.2) is 82.7 Å². The van der Waals surface area contributed by atoms with Gasteiger partial charge in [0.15, 0.2) is 16.8 Å². The molecular weight excluding hydrogens is 540 g/mol. The molecule has 0 amide bonds. The van der Waals surface area contributed by atoms with E-state index in [1.807, 2.05) is 30.3 Å². The molecule has 1 heterocycles. The van der Waals surface area contributed by atoms with Crippen molar-refractivity contribution in [1.29, 1.82) is 0 Å². The standard InChI is InChI=1S/C25H33F2N3OS.C4H4O4/c1-29(25(32-2)28-20-9-5-3-6-10-20)21-13-16-30(17-14-21)15-7-4-8-18-31-22-11-12-23(26)24(27)19-22;5-3(6)1-2-4(7)8/h3,5-6,9-12,19,21H,4,7-8,13-18H2,1-2H3;1-2H,(H,5,6)(H,7,8)/b28-25-;2-1+. The van der Waals surface area contributed by atoms with Gasteiger partial charge < -0.3 is 24.7 Å². The Labute approximate surface area is 238 Å². The third-order valence-electron chi connectivity index (χ3n) is 6.22. The largest absolute Gasteiger partial charge is 0.493 e. The second kappa shape index (κ2) is 18.0. The van der Waals surface area contributed by atoms with E-state index in [0.717, 1.165) is 74.7 Å². The summed E-state index contributed by atoms with van der Waals surface area (Å²) in [5, 5.41) is 16.7. The van der Waals surface area contributed by atoms with Gasteiger partial charge in [-0.25, -0.2) is 23.4 Å². The van der Waals surface area contributed by atoms with Gasteiger partial charge in [0.2, 0.25) is 0 Å². The van der Waals surface area contributed by atoms with Crippen molar-refractivity contribution >= 4 is 34.6 Å². The van der Waals surface area contributed by atoms with E-state index in [2.05, 4.69) is 23.1 Å². The number of halogens is 2. The highest BCUT2D eigenvalue weighted by Crippen LogP contribution is 2.22. The Hall–Kier alpha value is -3.44. The van der Waals surface area contributed by atoms with Gasteiger partial charge in [0.05, 0.1) is 12.3 Å². The highest BCUT2D eigenvalue weighted by atomic mass is 32.2. The Balaban J connectivity index is 0.000000611. The molecular formula is C29H37F2N3O5S. The summed E-state index contributed by atoms with van der Waals surface area (Å²) in [6, 6.07) is 14.3. The summed E-state index contributed by atoms with van der Waals surface area (Å²) in [7, 11) is 2.16. The first-order valence-electron chi connectivity index (χ1n) is 13.0. The average molecular weight is 578 g/mol. The molecule has 3 rings (SSSR count). The molecule has 1 aliphatic heterocycles. The lowest BCUT2D eigenvalue weighted by Gasteiger charge is -2.37. The number of amidine groups is 1. The fourth-order valence-electron chi connectivity index (χ4n) is 4.08. The zero-order chi connectivity index (χ0) is 29.3. The summed E-state index contributed by atoms with van der Waals surface area (Å²) < 4.78 is 31.6. The number of carbonyl (C=O) groups is 2. The molecule has 40 heavy (non-hydrogen) atoms. The number of nitrogens with zero attached hydrogens (tertiary/aromatic N) is 3. The SMILES string of the molecule is CS/C(=N\c1ccccc1)N(C)C1CCN(CCCCCOc2ccc(F)c(F)c2)CC1.O=C(O)/C=C/C(=O)O. The zero-order valence-corrected chi connectivity index (χ0v) is 23.7. The lowest BCUT2D eigenvalue weighted by molar-refractivity contribution is -0.134. The highest BCUT2D eigenvalue weighted by Gasteiger charge is 2.24. The van der Waals surface area contributed by atoms with Gasteiger partial charge >= 0.3 is 11.9 Å². The lowest BCUT2D eigenvalue weighted by atomic mass is 10.0. The molecule has 0 bridgehead atoms. The minimum absolute atomic E-state index is 0.385. The quantitative estimate of drug-likeness (QED) is 0.152. The van der Waals surface area contributed by atoms with Gasteiger partial charge in [-0.15, -0.1) is 0 Å². The molecule has 11 heteroatoms. The molecule has 2 aromatic rings. The van der Waals surface area contributed by atoms with Crippen molar-refractivity contribution in [3.05, 3.63) is 72.3 Å². The number of para-hydroxylation sites is 1. The number of carboxylic acid groups (broad SMARTS) is 2. The normalized spacial score (nSPS) is 14.4. The average Bonchev–Trinajstić information content (AvgIpc) is 2.95. The number of hydrogen-bond acceptors (Lipinski definition) is 6. The van der Waals surface area contributed by atoms with Crippen molar-refractivity contribution in [3.8, 4) is 5.75 Å². The fraction of sp³-hybridized carbons (Fsp3) is 0.414. The van der Waals surface area contributed by atoms with Gasteiger partial charge in [-0.1, -0.05) is 30.0 Å². The number of benzene rings is 2. The molecule has 2 aromatic carbocycles. The summed E-state index contributed by atoms with van der Waals surface area (Å²) in [5.74, 6) is -3.84. The molecule has 0 saturated carbocycles. The van der Waals surface area contributed by atoms with Crippen molar-refractivity contribution in [2.24, 2.45) is 4.99 Å². The van der Waals surface area contributed by atoms with E-state index >= 15 is 0 Å². The molecule has 0 aliphatic carbocycles. The number of aliphatic carboxylic acids is 2. The van der Waals surface area contributed by atoms with Gasteiger partial charge in [0.1, 0.15) is 5.75 Å². The Morgan fingerprint density at radius 1 is 1.02 bits per heavy atom. The third kappa shape index (κ3) is 12.6. The Morgan fingerprint density at radius 3 is 2.25 bits per heavy atom. The topological polar surface area (TPSA) is 103 Å². The maximum Gasteiger partial charge on any atom is 0.328 e. The predicted molar refractivity (Wildman–Crippen MR) is 154 cm³/mol. The molecule has 0 spiro atoms. The third-order valence-corrected chi connectivity index (χ3v) is 6.96. The van der Waals surface area contributed by atoms with Gasteiger partial charge in [-0.2, -0.15) is 0 Å². The number of rotatable bonds is 11. The first-order chi connectivity index (χ1) is 19.2. The summed E-state index contributed by atoms with van der Waals surface area (Å²) in [5.41, 5.74) is 0.995. The van der Waals surface area contributed by atoms with Crippen molar-refractivity contribution in [2.45, 2.75) is 38.1 Å². The summed E-state index contributed by atoms with van der Waals surface area (Å²) >= 11 is 1.70. The monoisotopic (exact) mass is 577 g/mol.